The third-order valence-corrected chi connectivity index (χ3v) is 8.10. The number of carbonyl (C=O) groups excluding carboxylic acids is 2. The molecule has 0 heterocycles. The van der Waals surface area contributed by atoms with Crippen molar-refractivity contribution in [2.24, 2.45) is 5.41 Å². The van der Waals surface area contributed by atoms with Crippen molar-refractivity contribution >= 4 is 21.8 Å². The van der Waals surface area contributed by atoms with Crippen molar-refractivity contribution in [1.82, 2.24) is 0 Å². The van der Waals surface area contributed by atoms with Crippen LogP contribution in [-0.4, -0.2) is 53.5 Å². The van der Waals surface area contributed by atoms with Crippen molar-refractivity contribution in [3.8, 4) is 17.6 Å². The van der Waals surface area contributed by atoms with E-state index in [4.69, 9.17) is 18.9 Å². The molecule has 3 rings (SSSR count). The van der Waals surface area contributed by atoms with Gasteiger partial charge in [0, 0.05) is 12.0 Å². The minimum absolute atomic E-state index is 0.165. The molecule has 10 heteroatoms. The lowest BCUT2D eigenvalue weighted by molar-refractivity contribution is -0.161. The van der Waals surface area contributed by atoms with Crippen LogP contribution < -0.4 is 9.47 Å². The van der Waals surface area contributed by atoms with Crippen LogP contribution in [0.15, 0.2) is 53.4 Å². The molecule has 0 radical (unpaired) electrons. The van der Waals surface area contributed by atoms with Gasteiger partial charge in [-0.15, -0.1) is 0 Å². The predicted molar refractivity (Wildman–Crippen MR) is 111 cm³/mol. The van der Waals surface area contributed by atoms with Gasteiger partial charge in [-0.1, -0.05) is 18.2 Å². The summed E-state index contributed by atoms with van der Waals surface area (Å²) in [6.45, 7) is 0. The van der Waals surface area contributed by atoms with Crippen LogP contribution in [0.5, 0.6) is 11.5 Å². The fourth-order valence-corrected chi connectivity index (χ4v) is 6.52. The maximum atomic E-state index is 13.8. The van der Waals surface area contributed by atoms with Crippen LogP contribution in [0.25, 0.3) is 0 Å². The van der Waals surface area contributed by atoms with E-state index in [1.807, 2.05) is 0 Å². The van der Waals surface area contributed by atoms with Gasteiger partial charge in [0.05, 0.1) is 39.4 Å². The number of benzene rings is 2. The van der Waals surface area contributed by atoms with Crippen LogP contribution in [0.3, 0.4) is 0 Å². The molecule has 32 heavy (non-hydrogen) atoms. The Morgan fingerprint density at radius 1 is 0.906 bits per heavy atom. The number of esters is 2. The van der Waals surface area contributed by atoms with Gasteiger partial charge in [0.15, 0.2) is 14.6 Å². The van der Waals surface area contributed by atoms with Crippen LogP contribution in [0.2, 0.25) is 0 Å². The maximum absolute atomic E-state index is 13.8. The lowest BCUT2D eigenvalue weighted by atomic mass is 9.98. The highest BCUT2D eigenvalue weighted by Gasteiger charge is 2.93. The molecule has 0 bridgehead atoms. The molecule has 0 saturated heterocycles. The Labute approximate surface area is 185 Å². The zero-order valence-electron chi connectivity index (χ0n) is 17.8. The second kappa shape index (κ2) is 8.16. The van der Waals surface area contributed by atoms with Crippen molar-refractivity contribution in [3.63, 3.8) is 0 Å². The quantitative estimate of drug-likeness (QED) is 0.450. The lowest BCUT2D eigenvalue weighted by Gasteiger charge is -2.17. The van der Waals surface area contributed by atoms with E-state index < -0.39 is 37.9 Å². The molecule has 0 N–H and O–H groups in total. The summed E-state index contributed by atoms with van der Waals surface area (Å²) in [5.41, 5.74) is -2.30. The minimum Gasteiger partial charge on any atom is -0.497 e. The van der Waals surface area contributed by atoms with Crippen LogP contribution in [0, 0.1) is 16.7 Å². The first-order chi connectivity index (χ1) is 15.2. The van der Waals surface area contributed by atoms with Crippen molar-refractivity contribution < 1.29 is 37.0 Å². The van der Waals surface area contributed by atoms with Crippen molar-refractivity contribution in [2.45, 2.75) is 15.6 Å². The summed E-state index contributed by atoms with van der Waals surface area (Å²) in [7, 11) is 0.208. The largest absolute Gasteiger partial charge is 0.497 e. The van der Waals surface area contributed by atoms with Gasteiger partial charge >= 0.3 is 11.9 Å². The van der Waals surface area contributed by atoms with E-state index in [9.17, 15) is 23.3 Å². The molecule has 1 aliphatic rings. The normalized spacial score (nSPS) is 21.0. The number of sulfone groups is 1. The molecule has 0 spiro atoms. The summed E-state index contributed by atoms with van der Waals surface area (Å²) in [5.74, 6) is -3.29. The zero-order valence-corrected chi connectivity index (χ0v) is 18.6. The van der Waals surface area contributed by atoms with Crippen molar-refractivity contribution in [2.75, 3.05) is 28.4 Å². The van der Waals surface area contributed by atoms with E-state index >= 15 is 0 Å². The van der Waals surface area contributed by atoms with Crippen molar-refractivity contribution in [3.05, 3.63) is 54.1 Å². The molecule has 0 aromatic heterocycles. The van der Waals surface area contributed by atoms with E-state index in [0.29, 0.717) is 0 Å². The first kappa shape index (κ1) is 23.1. The number of carbonyl (C=O) groups is 2. The zero-order chi connectivity index (χ0) is 23.7. The fraction of sp³-hybridized carbons (Fsp3) is 0.318. The standard InChI is InChI=1S/C22H21NO8S/c1-28-15-10-14(11-16(12-15)29-2)18-21(13-23,22(18,19(24)30-3)20(25)31-4)32(26,27)17-8-6-5-7-9-17/h5-12,18H,1-4H3/t18-,21-/m0/s1. The summed E-state index contributed by atoms with van der Waals surface area (Å²) in [4.78, 5) is 25.9. The average molecular weight is 459 g/mol. The summed E-state index contributed by atoms with van der Waals surface area (Å²) in [6.07, 6.45) is 0. The van der Waals surface area contributed by atoms with E-state index in [1.165, 1.54) is 56.7 Å². The van der Waals surface area contributed by atoms with Crippen LogP contribution in [0.4, 0.5) is 0 Å². The Hall–Kier alpha value is -3.58. The minimum atomic E-state index is -4.58. The van der Waals surface area contributed by atoms with Gasteiger partial charge in [0.2, 0.25) is 5.41 Å². The number of hydrogen-bond donors (Lipinski definition) is 0. The highest BCUT2D eigenvalue weighted by molar-refractivity contribution is 7.93. The average Bonchev–Trinajstić information content (AvgIpc) is 3.49. The van der Waals surface area contributed by atoms with Crippen LogP contribution in [0.1, 0.15) is 11.5 Å². The summed E-state index contributed by atoms with van der Waals surface area (Å²) in [6, 6.07) is 13.3. The third kappa shape index (κ3) is 2.85. The Morgan fingerprint density at radius 2 is 1.41 bits per heavy atom. The van der Waals surface area contributed by atoms with Gasteiger partial charge in [-0.3, -0.25) is 9.59 Å². The molecule has 168 valence electrons. The first-order valence-corrected chi connectivity index (χ1v) is 10.8. The summed E-state index contributed by atoms with van der Waals surface area (Å²) >= 11 is 0. The monoisotopic (exact) mass is 459 g/mol. The molecule has 9 nitrogen and oxygen atoms in total. The first-order valence-electron chi connectivity index (χ1n) is 9.33. The SMILES string of the molecule is COC(=O)C1(C(=O)OC)[C@@H](c2cc(OC)cc(OC)c2)[C@]1(C#N)S(=O)(=O)c1ccccc1. The molecule has 2 aromatic rings. The second-order valence-corrected chi connectivity index (χ2v) is 9.16. The molecule has 0 aliphatic heterocycles. The second-order valence-electron chi connectivity index (χ2n) is 7.03. The van der Waals surface area contributed by atoms with E-state index in [1.54, 1.807) is 12.1 Å². The summed E-state index contributed by atoms with van der Waals surface area (Å²) in [5, 5.41) is 10.3. The van der Waals surface area contributed by atoms with Gasteiger partial charge in [0.1, 0.15) is 11.5 Å². The molecular weight excluding hydrogens is 438 g/mol. The Kier molecular flexibility index (Phi) is 5.89. The van der Waals surface area contributed by atoms with Crippen LogP contribution in [-0.2, 0) is 28.9 Å². The highest BCUT2D eigenvalue weighted by Crippen LogP contribution is 2.74. The van der Waals surface area contributed by atoms with Gasteiger partial charge in [-0.2, -0.15) is 5.26 Å². The molecule has 1 fully saturated rings. The van der Waals surface area contributed by atoms with Gasteiger partial charge in [-0.25, -0.2) is 8.42 Å². The predicted octanol–water partition coefficient (Wildman–Crippen LogP) is 1.87. The number of hydrogen-bond acceptors (Lipinski definition) is 9. The van der Waals surface area contributed by atoms with E-state index in [2.05, 4.69) is 0 Å². The molecule has 0 unspecified atom stereocenters. The fourth-order valence-electron chi connectivity index (χ4n) is 4.24. The Bertz CT molecular complexity index is 1160. The summed E-state index contributed by atoms with van der Waals surface area (Å²) < 4.78 is 45.2. The molecule has 1 saturated carbocycles. The molecule has 2 atom stereocenters. The van der Waals surface area contributed by atoms with Gasteiger partial charge in [-0.05, 0) is 29.8 Å². The lowest BCUT2D eigenvalue weighted by Crippen LogP contribution is -2.40. The molecule has 1 aliphatic carbocycles. The molecule has 2 aromatic carbocycles. The Morgan fingerprint density at radius 3 is 1.81 bits per heavy atom. The molecule has 0 amide bonds. The van der Waals surface area contributed by atoms with Crippen molar-refractivity contribution in [1.29, 1.82) is 5.26 Å². The number of methoxy groups -OCH3 is 4. The topological polar surface area (TPSA) is 129 Å². The van der Waals surface area contributed by atoms with Gasteiger partial charge in [0.25, 0.3) is 0 Å². The van der Waals surface area contributed by atoms with E-state index in [0.717, 1.165) is 14.2 Å². The Balaban J connectivity index is 2.42. The molecular formula is C22H21NO8S. The number of nitriles is 1. The number of nitrogens with zero attached hydrogens (tertiary/aromatic N) is 1. The maximum Gasteiger partial charge on any atom is 0.326 e. The number of rotatable bonds is 7. The van der Waals surface area contributed by atoms with Gasteiger partial charge < -0.3 is 18.9 Å². The smallest absolute Gasteiger partial charge is 0.326 e. The highest BCUT2D eigenvalue weighted by atomic mass is 32.2. The van der Waals surface area contributed by atoms with Crippen LogP contribution >= 0.6 is 0 Å². The number of ether oxygens (including phenoxy) is 4. The third-order valence-electron chi connectivity index (χ3n) is 5.71. The van der Waals surface area contributed by atoms with E-state index in [-0.39, 0.29) is 22.0 Å².